The normalized spacial score (nSPS) is 20.0. The predicted octanol–water partition coefficient (Wildman–Crippen LogP) is 3.04. The molecule has 1 aliphatic heterocycles. The van der Waals surface area contributed by atoms with Gasteiger partial charge in [0, 0.05) is 24.8 Å². The molecule has 2 aliphatic rings. The lowest BCUT2D eigenvalue weighted by Gasteiger charge is -2.31. The zero-order valence-electron chi connectivity index (χ0n) is 12.7. The van der Waals surface area contributed by atoms with Crippen LogP contribution in [0.15, 0.2) is 18.2 Å². The maximum atomic E-state index is 12.4. The van der Waals surface area contributed by atoms with Gasteiger partial charge < -0.3 is 15.8 Å². The van der Waals surface area contributed by atoms with E-state index in [2.05, 4.69) is 10.3 Å². The summed E-state index contributed by atoms with van der Waals surface area (Å²) >= 11 is 1.73. The molecular weight excluding hydrogens is 334 g/mol. The van der Waals surface area contributed by atoms with Crippen LogP contribution in [0.25, 0.3) is 10.2 Å². The second-order valence-electron chi connectivity index (χ2n) is 6.23. The third-order valence-electron chi connectivity index (χ3n) is 4.43. The molecule has 1 amide bonds. The van der Waals surface area contributed by atoms with Gasteiger partial charge in [-0.25, -0.2) is 4.98 Å². The van der Waals surface area contributed by atoms with Crippen LogP contribution in [0.1, 0.15) is 36.6 Å². The maximum Gasteiger partial charge on any atom is 0.244 e. The molecule has 2 fully saturated rings. The molecule has 23 heavy (non-hydrogen) atoms. The molecule has 1 aromatic carbocycles. The molecule has 1 saturated heterocycles. The summed E-state index contributed by atoms with van der Waals surface area (Å²) < 4.78 is 6.41. The molecule has 1 aliphatic carbocycles. The van der Waals surface area contributed by atoms with E-state index in [1.807, 2.05) is 18.2 Å². The van der Waals surface area contributed by atoms with E-state index in [0.717, 1.165) is 15.9 Å². The minimum atomic E-state index is -0.819. The number of hydrogen-bond acceptors (Lipinski definition) is 5. The molecule has 0 radical (unpaired) electrons. The van der Waals surface area contributed by atoms with Crippen molar-refractivity contribution in [3.05, 3.63) is 23.2 Å². The van der Waals surface area contributed by atoms with E-state index in [4.69, 9.17) is 10.5 Å². The fourth-order valence-electron chi connectivity index (χ4n) is 2.74. The number of aromatic nitrogens is 1. The van der Waals surface area contributed by atoms with Crippen molar-refractivity contribution in [3.63, 3.8) is 0 Å². The molecule has 1 aromatic heterocycles. The number of carbonyl (C=O) groups is 1. The van der Waals surface area contributed by atoms with Crippen LogP contribution in [0.2, 0.25) is 0 Å². The average molecular weight is 354 g/mol. The summed E-state index contributed by atoms with van der Waals surface area (Å²) in [6, 6.07) is 5.87. The summed E-state index contributed by atoms with van der Waals surface area (Å²) in [7, 11) is 0. The third kappa shape index (κ3) is 3.35. The van der Waals surface area contributed by atoms with Crippen molar-refractivity contribution in [2.24, 2.45) is 5.73 Å². The van der Waals surface area contributed by atoms with Crippen molar-refractivity contribution in [3.8, 4) is 0 Å². The summed E-state index contributed by atoms with van der Waals surface area (Å²) in [4.78, 5) is 17.1. The Morgan fingerprint density at radius 1 is 1.35 bits per heavy atom. The minimum Gasteiger partial charge on any atom is -0.381 e. The predicted molar refractivity (Wildman–Crippen MR) is 94.4 cm³/mol. The van der Waals surface area contributed by atoms with E-state index >= 15 is 0 Å². The summed E-state index contributed by atoms with van der Waals surface area (Å²) in [5.41, 5.74) is 7.20. The van der Waals surface area contributed by atoms with Crippen molar-refractivity contribution >= 4 is 45.6 Å². The Hall–Kier alpha value is -1.21. The molecule has 0 bridgehead atoms. The van der Waals surface area contributed by atoms with Gasteiger partial charge in [0.1, 0.15) is 5.54 Å². The highest BCUT2D eigenvalue weighted by atomic mass is 35.5. The zero-order valence-corrected chi connectivity index (χ0v) is 14.3. The number of fused-ring (bicyclic) bond motifs is 1. The van der Waals surface area contributed by atoms with Gasteiger partial charge in [-0.05, 0) is 43.9 Å². The number of amides is 1. The highest BCUT2D eigenvalue weighted by Gasteiger charge is 2.36. The Morgan fingerprint density at radius 2 is 2.09 bits per heavy atom. The number of benzene rings is 1. The summed E-state index contributed by atoms with van der Waals surface area (Å²) in [6.07, 6.45) is 3.63. The first-order chi connectivity index (χ1) is 10.6. The smallest absolute Gasteiger partial charge is 0.244 e. The van der Waals surface area contributed by atoms with Crippen LogP contribution in [0, 0.1) is 0 Å². The fraction of sp³-hybridized carbons (Fsp3) is 0.500. The van der Waals surface area contributed by atoms with Crippen LogP contribution in [0.5, 0.6) is 0 Å². The Morgan fingerprint density at radius 3 is 2.78 bits per heavy atom. The van der Waals surface area contributed by atoms with E-state index in [-0.39, 0.29) is 18.3 Å². The van der Waals surface area contributed by atoms with Crippen molar-refractivity contribution < 1.29 is 9.53 Å². The highest BCUT2D eigenvalue weighted by Crippen LogP contribution is 2.43. The molecule has 5 nitrogen and oxygen atoms in total. The number of anilines is 1. The third-order valence-corrected chi connectivity index (χ3v) is 5.61. The van der Waals surface area contributed by atoms with Crippen LogP contribution in [-0.4, -0.2) is 29.6 Å². The number of hydrogen-bond donors (Lipinski definition) is 2. The molecule has 3 N–H and O–H groups in total. The number of carbonyl (C=O) groups excluding carboxylic acids is 1. The van der Waals surface area contributed by atoms with Gasteiger partial charge >= 0.3 is 0 Å². The first kappa shape index (κ1) is 16.6. The van der Waals surface area contributed by atoms with Gasteiger partial charge in [-0.1, -0.05) is 0 Å². The number of thiazole rings is 1. The largest absolute Gasteiger partial charge is 0.381 e. The highest BCUT2D eigenvalue weighted by molar-refractivity contribution is 7.18. The van der Waals surface area contributed by atoms with Crippen molar-refractivity contribution in [1.82, 2.24) is 4.98 Å². The number of ether oxygens (including phenoxy) is 1. The Bertz CT molecular complexity index is 723. The van der Waals surface area contributed by atoms with Crippen LogP contribution in [0.3, 0.4) is 0 Å². The second kappa shape index (κ2) is 6.36. The van der Waals surface area contributed by atoms with Gasteiger partial charge in [0.2, 0.25) is 5.91 Å². The molecule has 2 aromatic rings. The van der Waals surface area contributed by atoms with E-state index in [9.17, 15) is 4.79 Å². The molecule has 0 atom stereocenters. The van der Waals surface area contributed by atoms with E-state index in [0.29, 0.717) is 32.0 Å². The van der Waals surface area contributed by atoms with E-state index in [1.165, 1.54) is 17.8 Å². The molecule has 1 saturated carbocycles. The Balaban J connectivity index is 0.00000156. The molecule has 0 spiro atoms. The van der Waals surface area contributed by atoms with Gasteiger partial charge in [0.05, 0.1) is 15.2 Å². The number of nitrogens with two attached hydrogens (primary N) is 1. The molecular formula is C16H20ClN3O2S. The van der Waals surface area contributed by atoms with Crippen LogP contribution >= 0.6 is 23.7 Å². The van der Waals surface area contributed by atoms with Crippen LogP contribution < -0.4 is 11.1 Å². The van der Waals surface area contributed by atoms with Gasteiger partial charge in [-0.15, -0.1) is 23.7 Å². The Kier molecular flexibility index (Phi) is 4.60. The van der Waals surface area contributed by atoms with Gasteiger partial charge in [0.15, 0.2) is 0 Å². The molecule has 124 valence electrons. The topological polar surface area (TPSA) is 77.2 Å². The van der Waals surface area contributed by atoms with E-state index in [1.54, 1.807) is 11.3 Å². The van der Waals surface area contributed by atoms with Gasteiger partial charge in [-0.3, -0.25) is 4.79 Å². The van der Waals surface area contributed by atoms with Gasteiger partial charge in [0.25, 0.3) is 0 Å². The number of nitrogens with zero attached hydrogens (tertiary/aromatic N) is 1. The molecule has 7 heteroatoms. The molecule has 0 unspecified atom stereocenters. The maximum absolute atomic E-state index is 12.4. The summed E-state index contributed by atoms with van der Waals surface area (Å²) in [5.74, 6) is 0.534. The number of rotatable bonds is 3. The van der Waals surface area contributed by atoms with Crippen molar-refractivity contribution in [2.75, 3.05) is 18.5 Å². The first-order valence-corrected chi connectivity index (χ1v) is 8.54. The first-order valence-electron chi connectivity index (χ1n) is 7.73. The van der Waals surface area contributed by atoms with Crippen LogP contribution in [-0.2, 0) is 9.53 Å². The summed E-state index contributed by atoms with van der Waals surface area (Å²) in [6.45, 7) is 1.09. The average Bonchev–Trinajstić information content (AvgIpc) is 3.28. The quantitative estimate of drug-likeness (QED) is 0.889. The molecule has 2 heterocycles. The zero-order chi connectivity index (χ0) is 15.2. The Labute approximate surface area is 145 Å². The van der Waals surface area contributed by atoms with Crippen molar-refractivity contribution in [2.45, 2.75) is 37.1 Å². The summed E-state index contributed by atoms with van der Waals surface area (Å²) in [5, 5.41) is 4.18. The van der Waals surface area contributed by atoms with Crippen molar-refractivity contribution in [1.29, 1.82) is 0 Å². The standard InChI is InChI=1S/C16H19N3O2S.ClH/c17-16(5-7-21-8-6-16)15(20)18-11-3-4-12-13(9-11)22-14(19-12)10-1-2-10;/h3-4,9-10H,1-2,5-8,17H2,(H,18,20);1H. The van der Waals surface area contributed by atoms with E-state index < -0.39 is 5.54 Å². The lowest BCUT2D eigenvalue weighted by atomic mass is 9.90. The minimum absolute atomic E-state index is 0. The molecule has 4 rings (SSSR count). The fourth-order valence-corrected chi connectivity index (χ4v) is 3.92. The van der Waals surface area contributed by atoms with Crippen LogP contribution in [0.4, 0.5) is 5.69 Å². The lowest BCUT2D eigenvalue weighted by Crippen LogP contribution is -2.54. The monoisotopic (exact) mass is 353 g/mol. The number of nitrogens with one attached hydrogen (secondary N) is 1. The SMILES string of the molecule is Cl.NC1(C(=O)Nc2ccc3nc(C4CC4)sc3c2)CCOCC1. The van der Waals surface area contributed by atoms with Gasteiger partial charge in [-0.2, -0.15) is 0 Å². The second-order valence-corrected chi connectivity index (χ2v) is 7.29. The number of halogens is 1. The lowest BCUT2D eigenvalue weighted by molar-refractivity contribution is -0.124.